The molecular formula is C20H21FN2O3S. The molecule has 142 valence electrons. The van der Waals surface area contributed by atoms with Crippen LogP contribution in [0.3, 0.4) is 0 Å². The molecule has 0 aromatic heterocycles. The summed E-state index contributed by atoms with van der Waals surface area (Å²) in [6, 6.07) is 12.6. The predicted molar refractivity (Wildman–Crippen MR) is 100 cm³/mol. The molecular weight excluding hydrogens is 367 g/mol. The van der Waals surface area contributed by atoms with Crippen molar-refractivity contribution in [3.63, 3.8) is 0 Å². The molecule has 2 unspecified atom stereocenters. The van der Waals surface area contributed by atoms with E-state index in [0.29, 0.717) is 36.5 Å². The summed E-state index contributed by atoms with van der Waals surface area (Å²) in [5.74, 6) is -0.816. The first kappa shape index (κ1) is 18.1. The van der Waals surface area contributed by atoms with Crippen molar-refractivity contribution >= 4 is 21.6 Å². The molecule has 27 heavy (non-hydrogen) atoms. The molecule has 1 saturated carbocycles. The van der Waals surface area contributed by atoms with Crippen LogP contribution in [-0.2, 0) is 14.8 Å². The van der Waals surface area contributed by atoms with Gasteiger partial charge in [0.15, 0.2) is 0 Å². The summed E-state index contributed by atoms with van der Waals surface area (Å²) in [6.45, 7) is 2.63. The van der Waals surface area contributed by atoms with E-state index in [1.807, 2.05) is 13.0 Å². The number of hydrogen-bond acceptors (Lipinski definition) is 3. The number of nitrogens with one attached hydrogen (secondary N) is 1. The molecule has 7 heteroatoms. The quantitative estimate of drug-likeness (QED) is 0.875. The van der Waals surface area contributed by atoms with Crippen molar-refractivity contribution in [3.05, 3.63) is 59.9 Å². The summed E-state index contributed by atoms with van der Waals surface area (Å²) in [5.41, 5.74) is 1.02. The van der Waals surface area contributed by atoms with E-state index in [9.17, 15) is 17.6 Å². The third-order valence-corrected chi connectivity index (χ3v) is 7.42. The van der Waals surface area contributed by atoms with E-state index in [4.69, 9.17) is 0 Å². The van der Waals surface area contributed by atoms with Gasteiger partial charge in [-0.25, -0.2) is 12.8 Å². The van der Waals surface area contributed by atoms with Crippen molar-refractivity contribution < 1.29 is 17.6 Å². The fraction of sp³-hybridized carbons (Fsp3) is 0.350. The van der Waals surface area contributed by atoms with E-state index >= 15 is 0 Å². The summed E-state index contributed by atoms with van der Waals surface area (Å²) in [5, 5.41) is 2.74. The van der Waals surface area contributed by atoms with Crippen molar-refractivity contribution in [2.24, 2.45) is 11.3 Å². The van der Waals surface area contributed by atoms with Gasteiger partial charge in [-0.3, -0.25) is 4.79 Å². The summed E-state index contributed by atoms with van der Waals surface area (Å²) in [7, 11) is -3.55. The highest BCUT2D eigenvalue weighted by Crippen LogP contribution is 2.59. The minimum Gasteiger partial charge on any atom is -0.326 e. The van der Waals surface area contributed by atoms with E-state index in [1.54, 1.807) is 30.3 Å². The highest BCUT2D eigenvalue weighted by molar-refractivity contribution is 7.89. The third-order valence-electron chi connectivity index (χ3n) is 5.58. The molecule has 1 amide bonds. The maximum absolute atomic E-state index is 13.3. The molecule has 4 rings (SSSR count). The molecule has 1 heterocycles. The van der Waals surface area contributed by atoms with Gasteiger partial charge in [0.1, 0.15) is 5.82 Å². The highest BCUT2D eigenvalue weighted by Gasteiger charge is 2.62. The maximum Gasteiger partial charge on any atom is 0.243 e. The minimum atomic E-state index is -3.55. The van der Waals surface area contributed by atoms with Gasteiger partial charge in [0.25, 0.3) is 0 Å². The number of halogens is 1. The Labute approximate surface area is 158 Å². The van der Waals surface area contributed by atoms with Crippen LogP contribution in [0.4, 0.5) is 10.1 Å². The van der Waals surface area contributed by atoms with Crippen molar-refractivity contribution in [2.45, 2.75) is 24.7 Å². The van der Waals surface area contributed by atoms with Gasteiger partial charge in [-0.2, -0.15) is 4.31 Å². The maximum atomic E-state index is 13.3. The van der Waals surface area contributed by atoms with Gasteiger partial charge in [-0.05, 0) is 61.1 Å². The summed E-state index contributed by atoms with van der Waals surface area (Å²) in [6.07, 6.45) is 1.33. The third kappa shape index (κ3) is 3.37. The van der Waals surface area contributed by atoms with Crippen LogP contribution in [0.15, 0.2) is 53.4 Å². The van der Waals surface area contributed by atoms with Gasteiger partial charge in [-0.15, -0.1) is 0 Å². The minimum absolute atomic E-state index is 0.171. The first-order chi connectivity index (χ1) is 12.8. The number of sulfonamides is 1. The number of nitrogens with zero attached hydrogens (tertiary/aromatic N) is 1. The largest absolute Gasteiger partial charge is 0.326 e. The Bertz CT molecular complexity index is 1010. The molecule has 2 fully saturated rings. The zero-order valence-electron chi connectivity index (χ0n) is 15.0. The standard InChI is InChI=1S/C20H21FN2O3S/c1-14-4-2-7-17(10-14)27(25,26)23-9-8-20(13-23)12-18(20)19(24)22-16-6-3-5-15(21)11-16/h2-7,10-11,18H,8-9,12-13H2,1H3,(H,22,24). The van der Waals surface area contributed by atoms with Gasteiger partial charge in [-0.1, -0.05) is 18.2 Å². The van der Waals surface area contributed by atoms with E-state index < -0.39 is 15.8 Å². The second-order valence-electron chi connectivity index (χ2n) is 7.52. The average molecular weight is 388 g/mol. The van der Waals surface area contributed by atoms with E-state index in [-0.39, 0.29) is 17.2 Å². The number of rotatable bonds is 4. The predicted octanol–water partition coefficient (Wildman–Crippen LogP) is 3.17. The SMILES string of the molecule is Cc1cccc(S(=O)(=O)N2CCC3(CC3C(=O)Nc3cccc(F)c3)C2)c1. The Morgan fingerprint density at radius 1 is 1.22 bits per heavy atom. The molecule has 1 spiro atoms. The van der Waals surface area contributed by atoms with Gasteiger partial charge in [0.05, 0.1) is 4.90 Å². The van der Waals surface area contributed by atoms with Crippen molar-refractivity contribution in [2.75, 3.05) is 18.4 Å². The average Bonchev–Trinajstić information content (AvgIpc) is 3.14. The second kappa shape index (κ2) is 6.42. The van der Waals surface area contributed by atoms with Crippen LogP contribution in [0.5, 0.6) is 0 Å². The monoisotopic (exact) mass is 388 g/mol. The summed E-state index contributed by atoms with van der Waals surface area (Å²) in [4.78, 5) is 12.8. The van der Waals surface area contributed by atoms with Gasteiger partial charge in [0, 0.05) is 24.7 Å². The van der Waals surface area contributed by atoms with Gasteiger partial charge < -0.3 is 5.32 Å². The van der Waals surface area contributed by atoms with Crippen molar-refractivity contribution in [1.29, 1.82) is 0 Å². The highest BCUT2D eigenvalue weighted by atomic mass is 32.2. The Balaban J connectivity index is 1.45. The smallest absolute Gasteiger partial charge is 0.243 e. The van der Waals surface area contributed by atoms with Crippen LogP contribution in [0.1, 0.15) is 18.4 Å². The molecule has 0 radical (unpaired) electrons. The second-order valence-corrected chi connectivity index (χ2v) is 9.46. The lowest BCUT2D eigenvalue weighted by atomic mass is 10.0. The fourth-order valence-corrected chi connectivity index (χ4v) is 5.59. The number of aryl methyl sites for hydroxylation is 1. The van der Waals surface area contributed by atoms with E-state index in [1.165, 1.54) is 16.4 Å². The number of carbonyl (C=O) groups is 1. The van der Waals surface area contributed by atoms with Crippen LogP contribution >= 0.6 is 0 Å². The molecule has 1 aliphatic carbocycles. The molecule has 2 atom stereocenters. The van der Waals surface area contributed by atoms with Crippen LogP contribution in [0, 0.1) is 24.1 Å². The Hall–Kier alpha value is -2.25. The van der Waals surface area contributed by atoms with Crippen LogP contribution < -0.4 is 5.32 Å². The number of hydrogen-bond donors (Lipinski definition) is 1. The van der Waals surface area contributed by atoms with Crippen LogP contribution in [0.25, 0.3) is 0 Å². The lowest BCUT2D eigenvalue weighted by Crippen LogP contribution is -2.30. The molecule has 1 saturated heterocycles. The first-order valence-electron chi connectivity index (χ1n) is 8.93. The normalized spacial score (nSPS) is 24.9. The summed E-state index contributed by atoms with van der Waals surface area (Å²) >= 11 is 0. The molecule has 1 aliphatic heterocycles. The van der Waals surface area contributed by atoms with Crippen LogP contribution in [0.2, 0.25) is 0 Å². The molecule has 2 aromatic carbocycles. The van der Waals surface area contributed by atoms with E-state index in [2.05, 4.69) is 5.32 Å². The number of carbonyl (C=O) groups excluding carboxylic acids is 1. The van der Waals surface area contributed by atoms with Crippen molar-refractivity contribution in [3.8, 4) is 0 Å². The zero-order valence-corrected chi connectivity index (χ0v) is 15.8. The Morgan fingerprint density at radius 2 is 2.00 bits per heavy atom. The van der Waals surface area contributed by atoms with E-state index in [0.717, 1.165) is 5.56 Å². The molecule has 5 nitrogen and oxygen atoms in total. The topological polar surface area (TPSA) is 66.5 Å². The lowest BCUT2D eigenvalue weighted by Gasteiger charge is -2.17. The number of benzene rings is 2. The molecule has 0 bridgehead atoms. The van der Waals surface area contributed by atoms with Gasteiger partial charge in [0.2, 0.25) is 15.9 Å². The molecule has 2 aromatic rings. The number of anilines is 1. The first-order valence-corrected chi connectivity index (χ1v) is 10.4. The fourth-order valence-electron chi connectivity index (χ4n) is 3.95. The Kier molecular flexibility index (Phi) is 4.31. The molecule has 2 aliphatic rings. The van der Waals surface area contributed by atoms with Gasteiger partial charge >= 0.3 is 0 Å². The zero-order chi connectivity index (χ0) is 19.2. The Morgan fingerprint density at radius 3 is 2.74 bits per heavy atom. The van der Waals surface area contributed by atoms with Crippen LogP contribution in [-0.4, -0.2) is 31.7 Å². The lowest BCUT2D eigenvalue weighted by molar-refractivity contribution is -0.118. The number of amides is 1. The summed E-state index contributed by atoms with van der Waals surface area (Å²) < 4.78 is 40.5. The van der Waals surface area contributed by atoms with Crippen molar-refractivity contribution in [1.82, 2.24) is 4.31 Å². The molecule has 1 N–H and O–H groups in total.